The lowest BCUT2D eigenvalue weighted by atomic mass is 9.74. The number of likely N-dealkylation sites (tertiary alicyclic amines) is 1. The molecule has 0 spiro atoms. The van der Waals surface area contributed by atoms with Crippen molar-refractivity contribution in [3.8, 4) is 11.5 Å². The first-order valence-corrected chi connectivity index (χ1v) is 8.59. The van der Waals surface area contributed by atoms with Crippen molar-refractivity contribution in [3.05, 3.63) is 23.8 Å². The molecular formula is C18H23NO6. The van der Waals surface area contributed by atoms with Crippen LogP contribution in [-0.4, -0.2) is 59.4 Å². The number of aliphatic hydroxyl groups excluding tert-OH is 1. The van der Waals surface area contributed by atoms with Crippen molar-refractivity contribution >= 4 is 11.9 Å². The summed E-state index contributed by atoms with van der Waals surface area (Å²) in [6.45, 7) is 2.96. The minimum absolute atomic E-state index is 0.0132. The second kappa shape index (κ2) is 6.92. The van der Waals surface area contributed by atoms with Crippen LogP contribution in [0.2, 0.25) is 0 Å². The van der Waals surface area contributed by atoms with Gasteiger partial charge in [0.25, 0.3) is 5.91 Å². The summed E-state index contributed by atoms with van der Waals surface area (Å²) in [4.78, 5) is 26.4. The van der Waals surface area contributed by atoms with E-state index in [-0.39, 0.29) is 18.9 Å². The van der Waals surface area contributed by atoms with Crippen LogP contribution in [0.1, 0.15) is 36.5 Å². The van der Waals surface area contributed by atoms with Crippen molar-refractivity contribution in [1.82, 2.24) is 4.90 Å². The maximum absolute atomic E-state index is 13.0. The van der Waals surface area contributed by atoms with E-state index in [1.807, 2.05) is 6.92 Å². The number of carbonyl (C=O) groups is 2. The van der Waals surface area contributed by atoms with Gasteiger partial charge in [-0.3, -0.25) is 9.59 Å². The number of aliphatic hydroxyl groups is 1. The Labute approximate surface area is 146 Å². The van der Waals surface area contributed by atoms with Crippen LogP contribution in [0.4, 0.5) is 0 Å². The molecule has 2 atom stereocenters. The molecule has 0 bridgehead atoms. The van der Waals surface area contributed by atoms with Crippen LogP contribution in [-0.2, 0) is 4.79 Å². The molecule has 0 aromatic heterocycles. The predicted octanol–water partition coefficient (Wildman–Crippen LogP) is 1.54. The molecule has 25 heavy (non-hydrogen) atoms. The summed E-state index contributed by atoms with van der Waals surface area (Å²) >= 11 is 0. The van der Waals surface area contributed by atoms with Gasteiger partial charge in [-0.2, -0.15) is 0 Å². The molecule has 0 radical (unpaired) electrons. The smallest absolute Gasteiger partial charge is 0.314 e. The number of hydrogen-bond donors (Lipinski definition) is 2. The molecule has 1 aromatic rings. The molecule has 0 unspecified atom stereocenters. The van der Waals surface area contributed by atoms with Gasteiger partial charge in [0.1, 0.15) is 18.6 Å². The summed E-state index contributed by atoms with van der Waals surface area (Å²) in [5.74, 6) is -0.432. The summed E-state index contributed by atoms with van der Waals surface area (Å²) in [6.07, 6.45) is 0.214. The quantitative estimate of drug-likeness (QED) is 0.856. The third-order valence-corrected chi connectivity index (χ3v) is 4.99. The molecule has 1 saturated heterocycles. The molecule has 0 saturated carbocycles. The number of piperidine rings is 1. The van der Waals surface area contributed by atoms with E-state index in [9.17, 15) is 19.8 Å². The van der Waals surface area contributed by atoms with Gasteiger partial charge in [0.05, 0.1) is 11.7 Å². The number of nitrogens with zero attached hydrogens (tertiary/aromatic N) is 1. The number of carbonyl (C=O) groups excluding carboxylic acids is 1. The highest BCUT2D eigenvalue weighted by atomic mass is 16.6. The van der Waals surface area contributed by atoms with Crippen LogP contribution in [0, 0.1) is 5.41 Å². The van der Waals surface area contributed by atoms with E-state index in [0.717, 1.165) is 0 Å². The van der Waals surface area contributed by atoms with Gasteiger partial charge in [-0.15, -0.1) is 0 Å². The van der Waals surface area contributed by atoms with Crippen LogP contribution in [0.5, 0.6) is 11.5 Å². The van der Waals surface area contributed by atoms with Crippen molar-refractivity contribution in [2.24, 2.45) is 5.41 Å². The number of para-hydroxylation sites is 1. The zero-order valence-electron chi connectivity index (χ0n) is 14.2. The summed E-state index contributed by atoms with van der Waals surface area (Å²) in [5.41, 5.74) is -0.959. The number of ether oxygens (including phenoxy) is 2. The van der Waals surface area contributed by atoms with E-state index in [1.165, 1.54) is 4.90 Å². The third-order valence-electron chi connectivity index (χ3n) is 4.99. The SMILES string of the molecule is CCC[C@]1(C(=O)O)CN(C(=O)c2cccc3c2OCCO3)CC[C@H]1O. The number of hydrogen-bond acceptors (Lipinski definition) is 5. The lowest BCUT2D eigenvalue weighted by Crippen LogP contribution is -2.57. The Morgan fingerprint density at radius 2 is 2.08 bits per heavy atom. The highest BCUT2D eigenvalue weighted by Crippen LogP contribution is 2.38. The summed E-state index contributed by atoms with van der Waals surface area (Å²) in [7, 11) is 0. The first-order chi connectivity index (χ1) is 12.0. The molecular weight excluding hydrogens is 326 g/mol. The second-order valence-electron chi connectivity index (χ2n) is 6.57. The lowest BCUT2D eigenvalue weighted by Gasteiger charge is -2.43. The van der Waals surface area contributed by atoms with Crippen molar-refractivity contribution in [2.45, 2.75) is 32.3 Å². The molecule has 2 heterocycles. The standard InChI is InChI=1S/C18H23NO6/c1-2-7-18(17(22)23)11-19(8-6-14(18)20)16(21)12-4-3-5-13-15(12)25-10-9-24-13/h3-5,14,20H,2,6-11H2,1H3,(H,22,23)/t14-,18+/m1/s1. The molecule has 2 aliphatic rings. The normalized spacial score (nSPS) is 25.5. The van der Waals surface area contributed by atoms with Crippen molar-refractivity contribution < 1.29 is 29.3 Å². The van der Waals surface area contributed by atoms with E-state index in [2.05, 4.69) is 0 Å². The first-order valence-electron chi connectivity index (χ1n) is 8.59. The lowest BCUT2D eigenvalue weighted by molar-refractivity contribution is -0.162. The fourth-order valence-corrected chi connectivity index (χ4v) is 3.67. The first kappa shape index (κ1) is 17.5. The van der Waals surface area contributed by atoms with Gasteiger partial charge >= 0.3 is 5.97 Å². The van der Waals surface area contributed by atoms with Gasteiger partial charge in [0, 0.05) is 13.1 Å². The fourth-order valence-electron chi connectivity index (χ4n) is 3.67. The van der Waals surface area contributed by atoms with Crippen molar-refractivity contribution in [2.75, 3.05) is 26.3 Å². The highest BCUT2D eigenvalue weighted by molar-refractivity contribution is 5.98. The van der Waals surface area contributed by atoms with Crippen molar-refractivity contribution in [1.29, 1.82) is 0 Å². The molecule has 1 amide bonds. The van der Waals surface area contributed by atoms with Gasteiger partial charge in [0.15, 0.2) is 11.5 Å². The minimum atomic E-state index is -1.32. The Bertz CT molecular complexity index is 676. The number of aliphatic carboxylic acids is 1. The van der Waals surface area contributed by atoms with E-state index in [1.54, 1.807) is 18.2 Å². The van der Waals surface area contributed by atoms with Gasteiger partial charge < -0.3 is 24.6 Å². The van der Waals surface area contributed by atoms with Crippen LogP contribution in [0.3, 0.4) is 0 Å². The molecule has 0 aliphatic carbocycles. The van der Waals surface area contributed by atoms with Crippen LogP contribution >= 0.6 is 0 Å². The molecule has 2 aliphatic heterocycles. The van der Waals surface area contributed by atoms with Crippen molar-refractivity contribution in [3.63, 3.8) is 0 Å². The molecule has 1 fully saturated rings. The van der Waals surface area contributed by atoms with Gasteiger partial charge in [-0.1, -0.05) is 19.4 Å². The Hall–Kier alpha value is -2.28. The number of benzene rings is 1. The van der Waals surface area contributed by atoms with Crippen LogP contribution < -0.4 is 9.47 Å². The number of carboxylic acids is 1. The maximum atomic E-state index is 13.0. The highest BCUT2D eigenvalue weighted by Gasteiger charge is 2.49. The molecule has 1 aromatic carbocycles. The average Bonchev–Trinajstić information content (AvgIpc) is 2.62. The molecule has 136 valence electrons. The van der Waals surface area contributed by atoms with Crippen LogP contribution in [0.15, 0.2) is 18.2 Å². The second-order valence-corrected chi connectivity index (χ2v) is 6.57. The van der Waals surface area contributed by atoms with E-state index < -0.39 is 17.5 Å². The van der Waals surface area contributed by atoms with Gasteiger partial charge in [-0.25, -0.2) is 0 Å². The van der Waals surface area contributed by atoms with Gasteiger partial charge in [0.2, 0.25) is 0 Å². The average molecular weight is 349 g/mol. The number of amides is 1. The monoisotopic (exact) mass is 349 g/mol. The van der Waals surface area contributed by atoms with E-state index >= 15 is 0 Å². The zero-order valence-corrected chi connectivity index (χ0v) is 14.2. The molecule has 7 nitrogen and oxygen atoms in total. The minimum Gasteiger partial charge on any atom is -0.486 e. The van der Waals surface area contributed by atoms with Gasteiger partial charge in [-0.05, 0) is 25.0 Å². The predicted molar refractivity (Wildman–Crippen MR) is 88.9 cm³/mol. The number of fused-ring (bicyclic) bond motifs is 1. The molecule has 3 rings (SSSR count). The summed E-state index contributed by atoms with van der Waals surface area (Å²) in [5, 5.41) is 20.0. The zero-order chi connectivity index (χ0) is 18.0. The van der Waals surface area contributed by atoms with E-state index in [0.29, 0.717) is 49.7 Å². The number of rotatable bonds is 4. The summed E-state index contributed by atoms with van der Waals surface area (Å²) < 4.78 is 11.1. The Morgan fingerprint density at radius 1 is 1.32 bits per heavy atom. The summed E-state index contributed by atoms with van der Waals surface area (Å²) in [6, 6.07) is 5.11. The maximum Gasteiger partial charge on any atom is 0.314 e. The number of carboxylic acid groups (broad SMARTS) is 1. The Morgan fingerprint density at radius 3 is 2.80 bits per heavy atom. The van der Waals surface area contributed by atoms with Crippen LogP contribution in [0.25, 0.3) is 0 Å². The Kier molecular flexibility index (Phi) is 4.85. The topological polar surface area (TPSA) is 96.3 Å². The molecule has 2 N–H and O–H groups in total. The largest absolute Gasteiger partial charge is 0.486 e. The Balaban J connectivity index is 1.89. The molecule has 7 heteroatoms. The van der Waals surface area contributed by atoms with E-state index in [4.69, 9.17) is 9.47 Å². The fraction of sp³-hybridized carbons (Fsp3) is 0.556. The third kappa shape index (κ3) is 3.04.